The average Bonchev–Trinajstić information content (AvgIpc) is 3.32. The zero-order valence-corrected chi connectivity index (χ0v) is 15.6. The zero-order valence-electron chi connectivity index (χ0n) is 14.0. The van der Waals surface area contributed by atoms with Crippen LogP contribution in [0.2, 0.25) is 0 Å². The highest BCUT2D eigenvalue weighted by atomic mass is 32.2. The van der Waals surface area contributed by atoms with Crippen molar-refractivity contribution in [2.24, 2.45) is 0 Å². The summed E-state index contributed by atoms with van der Waals surface area (Å²) in [4.78, 5) is 28.4. The van der Waals surface area contributed by atoms with Crippen LogP contribution in [0.3, 0.4) is 0 Å². The molecule has 3 aromatic rings. The van der Waals surface area contributed by atoms with Gasteiger partial charge in [0.2, 0.25) is 5.91 Å². The number of aliphatic carboxylic acids is 1. The Morgan fingerprint density at radius 1 is 1.22 bits per heavy atom. The Morgan fingerprint density at radius 3 is 2.85 bits per heavy atom. The molecule has 0 bridgehead atoms. The van der Waals surface area contributed by atoms with Crippen molar-refractivity contribution in [3.05, 3.63) is 47.6 Å². The number of carboxylic acids is 1. The summed E-state index contributed by atoms with van der Waals surface area (Å²) in [5.41, 5.74) is 0.605. The number of thioether (sulfide) groups is 1. The van der Waals surface area contributed by atoms with Crippen molar-refractivity contribution >= 4 is 40.7 Å². The lowest BCUT2D eigenvalue weighted by atomic mass is 10.3. The second-order valence-corrected chi connectivity index (χ2v) is 7.18. The smallest absolute Gasteiger partial charge is 0.329 e. The topological polar surface area (TPSA) is 115 Å². The molecule has 0 aliphatic heterocycles. The molecule has 0 aliphatic rings. The number of nitrogens with one attached hydrogen (secondary N) is 1. The third-order valence-corrected chi connectivity index (χ3v) is 5.10. The average molecular weight is 405 g/mol. The molecule has 1 aromatic carbocycles. The van der Waals surface area contributed by atoms with Crippen LogP contribution in [0.1, 0.15) is 5.82 Å². The molecule has 0 fully saturated rings. The molecule has 2 heterocycles. The molecule has 0 unspecified atom stereocenters. The monoisotopic (exact) mass is 405 g/mol. The first-order chi connectivity index (χ1) is 13.1. The summed E-state index contributed by atoms with van der Waals surface area (Å²) in [5.74, 6) is -0.0474. The molecule has 10 heteroatoms. The summed E-state index contributed by atoms with van der Waals surface area (Å²) in [5, 5.41) is 17.1. The number of aromatic nitrogens is 2. The zero-order chi connectivity index (χ0) is 19.1. The lowest BCUT2D eigenvalue weighted by Gasteiger charge is -2.10. The minimum absolute atomic E-state index is 0.333. The van der Waals surface area contributed by atoms with Crippen molar-refractivity contribution in [3.8, 4) is 10.8 Å². The van der Waals surface area contributed by atoms with E-state index in [9.17, 15) is 9.59 Å². The van der Waals surface area contributed by atoms with Crippen molar-refractivity contribution in [3.63, 3.8) is 0 Å². The van der Waals surface area contributed by atoms with Crippen LogP contribution in [0.15, 0.2) is 51.2 Å². The first-order valence-electron chi connectivity index (χ1n) is 7.79. The van der Waals surface area contributed by atoms with Crippen molar-refractivity contribution < 1.29 is 24.0 Å². The van der Waals surface area contributed by atoms with Crippen molar-refractivity contribution in [1.29, 1.82) is 0 Å². The predicted molar refractivity (Wildman–Crippen MR) is 101 cm³/mol. The molecule has 2 N–H and O–H groups in total. The van der Waals surface area contributed by atoms with Crippen LogP contribution in [-0.2, 0) is 20.1 Å². The van der Waals surface area contributed by atoms with Gasteiger partial charge in [-0.2, -0.15) is 4.98 Å². The van der Waals surface area contributed by atoms with Gasteiger partial charge in [-0.05, 0) is 23.6 Å². The van der Waals surface area contributed by atoms with E-state index >= 15 is 0 Å². The van der Waals surface area contributed by atoms with Gasteiger partial charge in [0, 0.05) is 4.90 Å². The fourth-order valence-corrected chi connectivity index (χ4v) is 3.56. The molecule has 0 saturated carbocycles. The SMILES string of the molecule is O=C(O)COCC(=O)Nc1ccccc1SCc1noc(-c2cccs2)n1. The number of carboxylic acid groups (broad SMARTS) is 1. The van der Waals surface area contributed by atoms with Crippen LogP contribution in [-0.4, -0.2) is 40.3 Å². The van der Waals surface area contributed by atoms with Crippen LogP contribution in [0, 0.1) is 0 Å². The van der Waals surface area contributed by atoms with Crippen LogP contribution < -0.4 is 5.32 Å². The molecule has 0 spiro atoms. The summed E-state index contributed by atoms with van der Waals surface area (Å²) < 4.78 is 10.0. The van der Waals surface area contributed by atoms with Gasteiger partial charge in [0.15, 0.2) is 5.82 Å². The minimum atomic E-state index is -1.12. The maximum atomic E-state index is 11.9. The van der Waals surface area contributed by atoms with E-state index in [4.69, 9.17) is 14.4 Å². The summed E-state index contributed by atoms with van der Waals surface area (Å²) >= 11 is 2.97. The van der Waals surface area contributed by atoms with Gasteiger partial charge >= 0.3 is 5.97 Å². The number of para-hydroxylation sites is 1. The normalized spacial score (nSPS) is 10.7. The number of amides is 1. The van der Waals surface area contributed by atoms with Crippen molar-refractivity contribution in [2.45, 2.75) is 10.6 Å². The highest BCUT2D eigenvalue weighted by Gasteiger charge is 2.12. The standard InChI is InChI=1S/C17H15N3O5S2/c21-15(8-24-9-16(22)23)18-11-4-1-2-5-12(11)27-10-14-19-17(25-20-14)13-6-3-7-26-13/h1-7H,8-10H2,(H,18,21)(H,22,23). The number of hydrogen-bond donors (Lipinski definition) is 2. The van der Waals surface area contributed by atoms with Gasteiger partial charge in [0.05, 0.1) is 16.3 Å². The summed E-state index contributed by atoms with van der Waals surface area (Å²) in [6.07, 6.45) is 0. The van der Waals surface area contributed by atoms with Crippen LogP contribution in [0.25, 0.3) is 10.8 Å². The highest BCUT2D eigenvalue weighted by molar-refractivity contribution is 7.98. The Bertz CT molecular complexity index is 911. The Hall–Kier alpha value is -2.69. The number of nitrogens with zero attached hydrogens (tertiary/aromatic N) is 2. The van der Waals surface area contributed by atoms with Crippen molar-refractivity contribution in [2.75, 3.05) is 18.5 Å². The number of carbonyl (C=O) groups is 2. The van der Waals surface area contributed by atoms with Crippen molar-refractivity contribution in [1.82, 2.24) is 10.1 Å². The van der Waals surface area contributed by atoms with Gasteiger partial charge in [-0.3, -0.25) is 4.79 Å². The van der Waals surface area contributed by atoms with E-state index in [0.29, 0.717) is 23.2 Å². The van der Waals surface area contributed by atoms with Gasteiger partial charge in [-0.1, -0.05) is 23.4 Å². The van der Waals surface area contributed by atoms with Gasteiger partial charge in [-0.15, -0.1) is 23.1 Å². The van der Waals surface area contributed by atoms with E-state index < -0.39 is 18.5 Å². The largest absolute Gasteiger partial charge is 0.480 e. The lowest BCUT2D eigenvalue weighted by Crippen LogP contribution is -2.21. The Kier molecular flexibility index (Phi) is 6.58. The molecule has 2 aromatic heterocycles. The van der Waals surface area contributed by atoms with E-state index in [1.54, 1.807) is 12.1 Å². The molecule has 27 heavy (non-hydrogen) atoms. The van der Waals surface area contributed by atoms with E-state index in [0.717, 1.165) is 9.77 Å². The summed E-state index contributed by atoms with van der Waals surface area (Å²) in [7, 11) is 0. The summed E-state index contributed by atoms with van der Waals surface area (Å²) in [6, 6.07) is 11.1. The van der Waals surface area contributed by atoms with Crippen LogP contribution in [0.5, 0.6) is 0 Å². The quantitative estimate of drug-likeness (QED) is 0.522. The maximum Gasteiger partial charge on any atom is 0.329 e. The highest BCUT2D eigenvalue weighted by Crippen LogP contribution is 2.30. The molecule has 0 saturated heterocycles. The number of carbonyl (C=O) groups excluding carboxylic acids is 1. The molecular weight excluding hydrogens is 390 g/mol. The fraction of sp³-hybridized carbons (Fsp3) is 0.176. The second kappa shape index (κ2) is 9.31. The van der Waals surface area contributed by atoms with Gasteiger partial charge in [0.25, 0.3) is 5.89 Å². The van der Waals surface area contributed by atoms with Gasteiger partial charge in [-0.25, -0.2) is 4.79 Å². The number of hydrogen-bond acceptors (Lipinski definition) is 8. The molecular formula is C17H15N3O5S2. The first-order valence-corrected chi connectivity index (χ1v) is 9.66. The molecule has 1 amide bonds. The number of thiophene rings is 1. The van der Waals surface area contributed by atoms with Gasteiger partial charge in [0.1, 0.15) is 13.2 Å². The predicted octanol–water partition coefficient (Wildman–Crippen LogP) is 3.13. The third-order valence-electron chi connectivity index (χ3n) is 3.18. The third kappa shape index (κ3) is 5.64. The Labute approximate surface area is 162 Å². The molecule has 0 atom stereocenters. The summed E-state index contributed by atoms with van der Waals surface area (Å²) in [6.45, 7) is -0.853. The molecule has 8 nitrogen and oxygen atoms in total. The Balaban J connectivity index is 1.57. The fourth-order valence-electron chi connectivity index (χ4n) is 2.07. The molecule has 0 aliphatic carbocycles. The Morgan fingerprint density at radius 2 is 2.07 bits per heavy atom. The number of benzene rings is 1. The first kappa shape index (κ1) is 19.1. The number of ether oxygens (including phenoxy) is 1. The van der Waals surface area contributed by atoms with E-state index in [2.05, 4.69) is 15.5 Å². The molecule has 140 valence electrons. The second-order valence-electron chi connectivity index (χ2n) is 5.21. The minimum Gasteiger partial charge on any atom is -0.480 e. The lowest BCUT2D eigenvalue weighted by molar-refractivity contribution is -0.143. The number of rotatable bonds is 9. The molecule has 3 rings (SSSR count). The maximum absolute atomic E-state index is 11.9. The van der Waals surface area contributed by atoms with Crippen LogP contribution in [0.4, 0.5) is 5.69 Å². The molecule has 0 radical (unpaired) electrons. The van der Waals surface area contributed by atoms with E-state index in [1.165, 1.54) is 23.1 Å². The van der Waals surface area contributed by atoms with Gasteiger partial charge < -0.3 is 19.7 Å². The van der Waals surface area contributed by atoms with Crippen LogP contribution >= 0.6 is 23.1 Å². The van der Waals surface area contributed by atoms with E-state index in [1.807, 2.05) is 29.6 Å². The van der Waals surface area contributed by atoms with E-state index in [-0.39, 0.29) is 6.61 Å². The number of anilines is 1.